The first-order chi connectivity index (χ1) is 9.95. The van der Waals surface area contributed by atoms with Gasteiger partial charge in [0.25, 0.3) is 0 Å². The molecule has 1 aromatic rings. The van der Waals surface area contributed by atoms with E-state index in [4.69, 9.17) is 10.3 Å². The Morgan fingerprint density at radius 3 is 2.95 bits per heavy atom. The normalized spacial score (nSPS) is 22.3. The number of nitrogens with zero attached hydrogens (tertiary/aromatic N) is 1. The first-order valence-corrected chi connectivity index (χ1v) is 9.28. The zero-order valence-electron chi connectivity index (χ0n) is 12.7. The fourth-order valence-corrected chi connectivity index (χ4v) is 4.03. The molecule has 1 aliphatic rings. The highest BCUT2D eigenvalue weighted by Gasteiger charge is 2.28. The second-order valence-electron chi connectivity index (χ2n) is 5.74. The van der Waals surface area contributed by atoms with E-state index < -0.39 is 10.0 Å². The summed E-state index contributed by atoms with van der Waals surface area (Å²) in [4.78, 5) is 0. The Labute approximate surface area is 126 Å². The maximum atomic E-state index is 11.7. The SMILES string of the molecule is CCc1occc1C(CC1CCCN(S(C)(=O)=O)C1)NN. The zero-order chi connectivity index (χ0) is 15.5. The molecule has 2 unspecified atom stereocenters. The summed E-state index contributed by atoms with van der Waals surface area (Å²) in [6, 6.07) is 1.95. The quantitative estimate of drug-likeness (QED) is 0.612. The number of hydrogen-bond acceptors (Lipinski definition) is 5. The number of hydrazine groups is 1. The Kier molecular flexibility index (Phi) is 5.43. The average molecular weight is 315 g/mol. The van der Waals surface area contributed by atoms with Gasteiger partial charge in [-0.3, -0.25) is 11.3 Å². The molecule has 2 atom stereocenters. The molecule has 6 nitrogen and oxygen atoms in total. The lowest BCUT2D eigenvalue weighted by Crippen LogP contribution is -2.41. The summed E-state index contributed by atoms with van der Waals surface area (Å²) in [6.45, 7) is 3.25. The Hall–Kier alpha value is -0.890. The van der Waals surface area contributed by atoms with Crippen molar-refractivity contribution in [1.82, 2.24) is 9.73 Å². The van der Waals surface area contributed by atoms with E-state index in [2.05, 4.69) is 5.43 Å². The third-order valence-electron chi connectivity index (χ3n) is 4.20. The summed E-state index contributed by atoms with van der Waals surface area (Å²) in [5.74, 6) is 6.95. The molecule has 2 heterocycles. The van der Waals surface area contributed by atoms with Gasteiger partial charge in [0, 0.05) is 31.1 Å². The van der Waals surface area contributed by atoms with Gasteiger partial charge in [-0.1, -0.05) is 6.92 Å². The predicted octanol–water partition coefficient (Wildman–Crippen LogP) is 1.41. The summed E-state index contributed by atoms with van der Waals surface area (Å²) in [6.07, 6.45) is 6.53. The summed E-state index contributed by atoms with van der Waals surface area (Å²) in [5, 5.41) is 0. The minimum absolute atomic E-state index is 0.00297. The van der Waals surface area contributed by atoms with Gasteiger partial charge in [-0.15, -0.1) is 0 Å². The second kappa shape index (κ2) is 6.91. The molecule has 0 spiro atoms. The van der Waals surface area contributed by atoms with Crippen LogP contribution in [-0.4, -0.2) is 32.1 Å². The van der Waals surface area contributed by atoms with Gasteiger partial charge in [-0.2, -0.15) is 0 Å². The van der Waals surface area contributed by atoms with E-state index in [9.17, 15) is 8.42 Å². The molecule has 0 saturated carbocycles. The largest absolute Gasteiger partial charge is 0.469 e. The third kappa shape index (κ3) is 4.06. The summed E-state index contributed by atoms with van der Waals surface area (Å²) >= 11 is 0. The fraction of sp³-hybridized carbons (Fsp3) is 0.714. The van der Waals surface area contributed by atoms with Crippen LogP contribution in [0.4, 0.5) is 0 Å². The van der Waals surface area contributed by atoms with Crippen LogP contribution in [0.25, 0.3) is 0 Å². The van der Waals surface area contributed by atoms with Crippen molar-refractivity contribution in [3.05, 3.63) is 23.7 Å². The van der Waals surface area contributed by atoms with Crippen LogP contribution in [0.2, 0.25) is 0 Å². The molecule has 0 bridgehead atoms. The smallest absolute Gasteiger partial charge is 0.211 e. The van der Waals surface area contributed by atoms with Crippen LogP contribution in [0, 0.1) is 5.92 Å². The van der Waals surface area contributed by atoms with Crippen molar-refractivity contribution in [2.75, 3.05) is 19.3 Å². The number of nitrogens with one attached hydrogen (secondary N) is 1. The highest BCUT2D eigenvalue weighted by molar-refractivity contribution is 7.88. The number of furan rings is 1. The first-order valence-electron chi connectivity index (χ1n) is 7.43. The van der Waals surface area contributed by atoms with Crippen LogP contribution in [0.1, 0.15) is 43.6 Å². The molecule has 120 valence electrons. The van der Waals surface area contributed by atoms with Crippen molar-refractivity contribution in [1.29, 1.82) is 0 Å². The van der Waals surface area contributed by atoms with Crippen molar-refractivity contribution in [3.63, 3.8) is 0 Å². The summed E-state index contributed by atoms with van der Waals surface area (Å²) in [5.41, 5.74) is 3.93. The van der Waals surface area contributed by atoms with Crippen LogP contribution in [0.15, 0.2) is 16.7 Å². The van der Waals surface area contributed by atoms with E-state index in [1.807, 2.05) is 13.0 Å². The van der Waals surface area contributed by atoms with E-state index in [1.54, 1.807) is 10.6 Å². The standard InChI is InChI=1S/C14H25N3O3S/c1-3-14-12(6-8-20-14)13(16-15)9-11-5-4-7-17(10-11)21(2,18)19/h6,8,11,13,16H,3-5,7,9-10,15H2,1-2H3. The molecule has 21 heavy (non-hydrogen) atoms. The Bertz CT molecular complexity index is 556. The highest BCUT2D eigenvalue weighted by Crippen LogP contribution is 2.30. The Balaban J connectivity index is 2.05. The summed E-state index contributed by atoms with van der Waals surface area (Å²) in [7, 11) is -3.10. The monoisotopic (exact) mass is 315 g/mol. The average Bonchev–Trinajstić information content (AvgIpc) is 2.92. The van der Waals surface area contributed by atoms with Gasteiger partial charge in [-0.25, -0.2) is 12.7 Å². The maximum absolute atomic E-state index is 11.7. The maximum Gasteiger partial charge on any atom is 0.211 e. The van der Waals surface area contributed by atoms with Crippen LogP contribution in [0.3, 0.4) is 0 Å². The molecule has 0 aromatic carbocycles. The van der Waals surface area contributed by atoms with Crippen LogP contribution < -0.4 is 11.3 Å². The topological polar surface area (TPSA) is 88.6 Å². The van der Waals surface area contributed by atoms with E-state index >= 15 is 0 Å². The highest BCUT2D eigenvalue weighted by atomic mass is 32.2. The van der Waals surface area contributed by atoms with Crippen LogP contribution >= 0.6 is 0 Å². The summed E-state index contributed by atoms with van der Waals surface area (Å²) < 4.78 is 30.4. The predicted molar refractivity (Wildman–Crippen MR) is 81.9 cm³/mol. The molecule has 0 aliphatic carbocycles. The van der Waals surface area contributed by atoms with Crippen molar-refractivity contribution in [2.45, 2.75) is 38.6 Å². The molecule has 2 rings (SSSR count). The van der Waals surface area contributed by atoms with E-state index in [-0.39, 0.29) is 6.04 Å². The van der Waals surface area contributed by atoms with E-state index in [1.165, 1.54) is 6.26 Å². The van der Waals surface area contributed by atoms with Crippen LogP contribution in [-0.2, 0) is 16.4 Å². The first kappa shape index (κ1) is 16.5. The Morgan fingerprint density at radius 2 is 2.33 bits per heavy atom. The van der Waals surface area contributed by atoms with Gasteiger partial charge >= 0.3 is 0 Å². The van der Waals surface area contributed by atoms with Gasteiger partial charge in [0.2, 0.25) is 10.0 Å². The molecule has 1 saturated heterocycles. The number of nitrogens with two attached hydrogens (primary N) is 1. The van der Waals surface area contributed by atoms with Crippen LogP contribution in [0.5, 0.6) is 0 Å². The Morgan fingerprint density at radius 1 is 1.57 bits per heavy atom. The van der Waals surface area contributed by atoms with Gasteiger partial charge in [0.1, 0.15) is 5.76 Å². The lowest BCUT2D eigenvalue weighted by molar-refractivity contribution is 0.238. The van der Waals surface area contributed by atoms with Gasteiger partial charge in [-0.05, 0) is 31.2 Å². The fourth-order valence-electron chi connectivity index (χ4n) is 3.09. The van der Waals surface area contributed by atoms with Crippen molar-refractivity contribution >= 4 is 10.0 Å². The molecule has 0 radical (unpaired) electrons. The number of rotatable bonds is 6. The molecule has 7 heteroatoms. The van der Waals surface area contributed by atoms with Crippen molar-refractivity contribution in [2.24, 2.45) is 11.8 Å². The minimum atomic E-state index is -3.10. The van der Waals surface area contributed by atoms with Gasteiger partial charge in [0.05, 0.1) is 12.5 Å². The molecular weight excluding hydrogens is 290 g/mol. The molecule has 1 fully saturated rings. The van der Waals surface area contributed by atoms with Gasteiger partial charge in [0.15, 0.2) is 0 Å². The minimum Gasteiger partial charge on any atom is -0.469 e. The number of hydrogen-bond donors (Lipinski definition) is 2. The van der Waals surface area contributed by atoms with E-state index in [0.717, 1.165) is 37.0 Å². The van der Waals surface area contributed by atoms with Crippen molar-refractivity contribution < 1.29 is 12.8 Å². The molecule has 3 N–H and O–H groups in total. The number of sulfonamides is 1. The van der Waals surface area contributed by atoms with Gasteiger partial charge < -0.3 is 4.42 Å². The second-order valence-corrected chi connectivity index (χ2v) is 7.72. The lowest BCUT2D eigenvalue weighted by Gasteiger charge is -2.32. The molecule has 1 aliphatic heterocycles. The molecule has 1 aromatic heterocycles. The third-order valence-corrected chi connectivity index (χ3v) is 5.47. The molecule has 0 amide bonds. The molecular formula is C14H25N3O3S. The van der Waals surface area contributed by atoms with Crippen molar-refractivity contribution in [3.8, 4) is 0 Å². The lowest BCUT2D eigenvalue weighted by atomic mass is 9.89. The zero-order valence-corrected chi connectivity index (χ0v) is 13.5. The number of aryl methyl sites for hydroxylation is 1. The van der Waals surface area contributed by atoms with E-state index in [0.29, 0.717) is 19.0 Å². The number of piperidine rings is 1.